The molecule has 19 heavy (non-hydrogen) atoms. The molecule has 1 aromatic rings. The van der Waals surface area contributed by atoms with Crippen LogP contribution in [0.25, 0.3) is 0 Å². The summed E-state index contributed by atoms with van der Waals surface area (Å²) in [6.07, 6.45) is 0. The number of methoxy groups -OCH3 is 1. The number of carbonyl (C=O) groups excluding carboxylic acids is 2. The molecule has 0 spiro atoms. The largest absolute Gasteiger partial charge is 0.465 e. The fraction of sp³-hybridized carbons (Fsp3) is 0.538. The number of ether oxygens (including phenoxy) is 1. The van der Waals surface area contributed by atoms with Gasteiger partial charge in [-0.05, 0) is 19.9 Å². The first-order chi connectivity index (χ1) is 8.86. The second kappa shape index (κ2) is 6.38. The normalized spacial score (nSPS) is 13.7. The Kier molecular flexibility index (Phi) is 5.11. The van der Waals surface area contributed by atoms with Gasteiger partial charge in [0, 0.05) is 12.0 Å². The van der Waals surface area contributed by atoms with Crippen molar-refractivity contribution >= 4 is 11.9 Å². The Balaban J connectivity index is 2.64. The summed E-state index contributed by atoms with van der Waals surface area (Å²) in [5, 5.41) is 2.71. The third kappa shape index (κ3) is 3.82. The van der Waals surface area contributed by atoms with Gasteiger partial charge >= 0.3 is 5.97 Å². The van der Waals surface area contributed by atoms with Crippen LogP contribution in [-0.2, 0) is 16.1 Å². The molecule has 0 aromatic carbocycles. The van der Waals surface area contributed by atoms with Crippen LogP contribution in [0.5, 0.6) is 0 Å². The third-order valence-corrected chi connectivity index (χ3v) is 3.01. The average molecular weight is 268 g/mol. The number of carbonyl (C=O) groups is 2. The van der Waals surface area contributed by atoms with Crippen LogP contribution in [0, 0.1) is 12.8 Å². The van der Waals surface area contributed by atoms with Crippen molar-refractivity contribution in [3.05, 3.63) is 23.2 Å². The predicted molar refractivity (Wildman–Crippen MR) is 69.4 cm³/mol. The quantitative estimate of drug-likeness (QED) is 0.776. The Morgan fingerprint density at radius 1 is 1.47 bits per heavy atom. The van der Waals surface area contributed by atoms with Crippen LogP contribution < -0.4 is 11.1 Å². The number of furan rings is 1. The molecule has 1 rings (SSSR count). The maximum Gasteiger partial charge on any atom is 0.341 e. The standard InChI is InChI=1S/C13H20N2O4/c1-7(8(2)14)12(16)15-6-10-5-11(9(3)19-10)13(17)18-4/h5,7-8H,6,14H2,1-4H3,(H,15,16). The molecule has 106 valence electrons. The number of rotatable bonds is 5. The van der Waals surface area contributed by atoms with E-state index < -0.39 is 5.97 Å². The fourth-order valence-electron chi connectivity index (χ4n) is 1.52. The number of amides is 1. The van der Waals surface area contributed by atoms with Crippen LogP contribution in [0.15, 0.2) is 10.5 Å². The van der Waals surface area contributed by atoms with Crippen molar-refractivity contribution in [3.63, 3.8) is 0 Å². The molecular weight excluding hydrogens is 248 g/mol. The smallest absolute Gasteiger partial charge is 0.341 e. The maximum atomic E-state index is 11.7. The van der Waals surface area contributed by atoms with E-state index in [1.165, 1.54) is 7.11 Å². The number of nitrogens with one attached hydrogen (secondary N) is 1. The van der Waals surface area contributed by atoms with Gasteiger partial charge in [-0.25, -0.2) is 4.79 Å². The molecule has 0 fully saturated rings. The van der Waals surface area contributed by atoms with E-state index in [9.17, 15) is 9.59 Å². The first kappa shape index (κ1) is 15.2. The fourth-order valence-corrected chi connectivity index (χ4v) is 1.52. The summed E-state index contributed by atoms with van der Waals surface area (Å²) in [7, 11) is 1.31. The topological polar surface area (TPSA) is 94.6 Å². The first-order valence-electron chi connectivity index (χ1n) is 6.07. The van der Waals surface area contributed by atoms with E-state index in [-0.39, 0.29) is 24.4 Å². The monoisotopic (exact) mass is 268 g/mol. The zero-order chi connectivity index (χ0) is 14.6. The molecular formula is C13H20N2O4. The van der Waals surface area contributed by atoms with Crippen molar-refractivity contribution in [2.45, 2.75) is 33.4 Å². The highest BCUT2D eigenvalue weighted by atomic mass is 16.5. The predicted octanol–water partition coefficient (Wildman–Crippen LogP) is 0.974. The minimum absolute atomic E-state index is 0.149. The van der Waals surface area contributed by atoms with E-state index in [1.807, 2.05) is 0 Å². The summed E-state index contributed by atoms with van der Waals surface area (Å²) in [6, 6.07) is 1.35. The first-order valence-corrected chi connectivity index (χ1v) is 6.07. The van der Waals surface area contributed by atoms with Crippen molar-refractivity contribution in [2.75, 3.05) is 7.11 Å². The number of aryl methyl sites for hydroxylation is 1. The Hall–Kier alpha value is -1.82. The molecule has 0 aliphatic heterocycles. The van der Waals surface area contributed by atoms with Crippen LogP contribution in [-0.4, -0.2) is 25.0 Å². The minimum Gasteiger partial charge on any atom is -0.465 e. The number of hydrogen-bond acceptors (Lipinski definition) is 5. The lowest BCUT2D eigenvalue weighted by atomic mass is 10.0. The second-order valence-corrected chi connectivity index (χ2v) is 4.54. The van der Waals surface area contributed by atoms with E-state index in [1.54, 1.807) is 26.8 Å². The van der Waals surface area contributed by atoms with Gasteiger partial charge in [0.05, 0.1) is 13.7 Å². The third-order valence-electron chi connectivity index (χ3n) is 3.01. The van der Waals surface area contributed by atoms with E-state index in [0.29, 0.717) is 17.1 Å². The van der Waals surface area contributed by atoms with Gasteiger partial charge in [-0.2, -0.15) is 0 Å². The molecule has 2 atom stereocenters. The van der Waals surface area contributed by atoms with E-state index in [2.05, 4.69) is 10.1 Å². The van der Waals surface area contributed by atoms with Gasteiger partial charge < -0.3 is 20.2 Å². The summed E-state index contributed by atoms with van der Waals surface area (Å²) in [6.45, 7) is 5.42. The number of esters is 1. The molecule has 3 N–H and O–H groups in total. The van der Waals surface area contributed by atoms with E-state index >= 15 is 0 Å². The highest BCUT2D eigenvalue weighted by molar-refractivity contribution is 5.90. The van der Waals surface area contributed by atoms with Crippen molar-refractivity contribution < 1.29 is 18.7 Å². The van der Waals surface area contributed by atoms with Gasteiger partial charge in [0.1, 0.15) is 17.1 Å². The summed E-state index contributed by atoms with van der Waals surface area (Å²) < 4.78 is 10.0. The van der Waals surface area contributed by atoms with Crippen LogP contribution >= 0.6 is 0 Å². The van der Waals surface area contributed by atoms with Crippen molar-refractivity contribution in [1.29, 1.82) is 0 Å². The van der Waals surface area contributed by atoms with Gasteiger partial charge in [0.15, 0.2) is 0 Å². The number of hydrogen-bond donors (Lipinski definition) is 2. The van der Waals surface area contributed by atoms with Gasteiger partial charge in [-0.3, -0.25) is 4.79 Å². The van der Waals surface area contributed by atoms with E-state index in [4.69, 9.17) is 10.2 Å². The number of nitrogens with two attached hydrogens (primary N) is 1. The molecule has 0 saturated carbocycles. The molecule has 0 bridgehead atoms. The Morgan fingerprint density at radius 3 is 2.63 bits per heavy atom. The lowest BCUT2D eigenvalue weighted by Crippen LogP contribution is -2.38. The van der Waals surface area contributed by atoms with Gasteiger partial charge in [-0.15, -0.1) is 0 Å². The molecule has 0 aliphatic rings. The molecule has 0 aliphatic carbocycles. The highest BCUT2D eigenvalue weighted by Gasteiger charge is 2.19. The molecule has 1 amide bonds. The van der Waals surface area contributed by atoms with Crippen LogP contribution in [0.2, 0.25) is 0 Å². The molecule has 1 heterocycles. The highest BCUT2D eigenvalue weighted by Crippen LogP contribution is 2.15. The Morgan fingerprint density at radius 2 is 2.11 bits per heavy atom. The molecule has 6 nitrogen and oxygen atoms in total. The molecule has 0 radical (unpaired) electrons. The summed E-state index contributed by atoms with van der Waals surface area (Å²) in [4.78, 5) is 23.1. The van der Waals surface area contributed by atoms with Gasteiger partial charge in [0.2, 0.25) is 5.91 Å². The van der Waals surface area contributed by atoms with Crippen molar-refractivity contribution in [2.24, 2.45) is 11.7 Å². The van der Waals surface area contributed by atoms with Crippen molar-refractivity contribution in [3.8, 4) is 0 Å². The molecule has 1 aromatic heterocycles. The van der Waals surface area contributed by atoms with E-state index in [0.717, 1.165) is 0 Å². The van der Waals surface area contributed by atoms with Crippen LogP contribution in [0.4, 0.5) is 0 Å². The summed E-state index contributed by atoms with van der Waals surface area (Å²) in [5.74, 6) is 0.0852. The van der Waals surface area contributed by atoms with Gasteiger partial charge in [-0.1, -0.05) is 6.92 Å². The maximum absolute atomic E-state index is 11.7. The molecule has 0 saturated heterocycles. The lowest BCUT2D eigenvalue weighted by molar-refractivity contribution is -0.125. The average Bonchev–Trinajstić information content (AvgIpc) is 2.75. The zero-order valence-corrected chi connectivity index (χ0v) is 11.6. The SMILES string of the molecule is COC(=O)c1cc(CNC(=O)C(C)C(C)N)oc1C. The van der Waals surface area contributed by atoms with Crippen molar-refractivity contribution in [1.82, 2.24) is 5.32 Å². The van der Waals surface area contributed by atoms with Crippen LogP contribution in [0.3, 0.4) is 0 Å². The Bertz CT molecular complexity index is 465. The Labute approximate surface area is 112 Å². The summed E-state index contributed by atoms with van der Waals surface area (Å²) >= 11 is 0. The summed E-state index contributed by atoms with van der Waals surface area (Å²) in [5.41, 5.74) is 6.01. The molecule has 2 unspecified atom stereocenters. The van der Waals surface area contributed by atoms with Gasteiger partial charge in [0.25, 0.3) is 0 Å². The minimum atomic E-state index is -0.456. The zero-order valence-electron chi connectivity index (χ0n) is 11.6. The molecule has 6 heteroatoms. The van der Waals surface area contributed by atoms with Crippen LogP contribution in [0.1, 0.15) is 35.7 Å². The second-order valence-electron chi connectivity index (χ2n) is 4.54. The lowest BCUT2D eigenvalue weighted by Gasteiger charge is -2.14.